The van der Waals surface area contributed by atoms with Gasteiger partial charge in [-0.2, -0.15) is 0 Å². The molecule has 1 aromatic heterocycles. The first-order valence-electron chi connectivity index (χ1n) is 10.3. The van der Waals surface area contributed by atoms with Crippen LogP contribution in [0.3, 0.4) is 0 Å². The smallest absolute Gasteiger partial charge is 0.345 e. The number of carbonyl (C=O) groups is 1. The second kappa shape index (κ2) is 10.2. The molecule has 0 atom stereocenters. The van der Waals surface area contributed by atoms with E-state index in [4.69, 9.17) is 4.74 Å². The Bertz CT molecular complexity index is 963. The van der Waals surface area contributed by atoms with Crippen molar-refractivity contribution < 1.29 is 13.9 Å². The van der Waals surface area contributed by atoms with Gasteiger partial charge in [-0.3, -0.25) is 0 Å². The molecule has 158 valence electrons. The molecule has 1 heterocycles. The Labute approximate surface area is 177 Å². The van der Waals surface area contributed by atoms with Crippen LogP contribution in [0.2, 0.25) is 0 Å². The number of rotatable bonds is 9. The largest absolute Gasteiger partial charge is 0.423 e. The highest BCUT2D eigenvalue weighted by molar-refractivity contribution is 5.92. The molecular weight excluding hydrogens is 379 g/mol. The summed E-state index contributed by atoms with van der Waals surface area (Å²) in [7, 11) is 4.11. The molecule has 30 heavy (non-hydrogen) atoms. The summed E-state index contributed by atoms with van der Waals surface area (Å²) < 4.78 is 21.0. The van der Waals surface area contributed by atoms with Crippen molar-refractivity contribution in [3.63, 3.8) is 0 Å². The lowest BCUT2D eigenvalue weighted by atomic mass is 10.1. The van der Waals surface area contributed by atoms with Crippen LogP contribution in [0.5, 0.6) is 5.75 Å². The Morgan fingerprint density at radius 1 is 1.03 bits per heavy atom. The monoisotopic (exact) mass is 408 g/mol. The average molecular weight is 409 g/mol. The Morgan fingerprint density at radius 2 is 1.73 bits per heavy atom. The lowest BCUT2D eigenvalue weighted by molar-refractivity contribution is 0.0734. The number of nitrogens with zero attached hydrogens (tertiary/aromatic N) is 2. The lowest BCUT2D eigenvalue weighted by Crippen LogP contribution is -2.15. The zero-order valence-corrected chi connectivity index (χ0v) is 17.9. The molecule has 0 spiro atoms. The molecule has 0 saturated heterocycles. The van der Waals surface area contributed by atoms with Crippen molar-refractivity contribution in [3.8, 4) is 5.75 Å². The normalized spacial score (nSPS) is 11.1. The van der Waals surface area contributed by atoms with Crippen molar-refractivity contribution in [2.75, 3.05) is 20.6 Å². The Hall–Kier alpha value is -2.92. The standard InChI is InChI=1S/C25H29FN2O2/c1-19-24(25(29)30-23-9-5-4-6-10-23)18-22(8-7-16-27(2)3)28(19)17-15-20-11-13-21(26)14-12-20/h4-6,9-14,18H,7-8,15-17H2,1-3H3. The number of benzene rings is 2. The molecule has 0 N–H and O–H groups in total. The van der Waals surface area contributed by atoms with Gasteiger partial charge in [0.1, 0.15) is 11.6 Å². The molecule has 0 fully saturated rings. The van der Waals surface area contributed by atoms with Gasteiger partial charge in [0.25, 0.3) is 0 Å². The number of para-hydroxylation sites is 1. The van der Waals surface area contributed by atoms with Gasteiger partial charge in [0.05, 0.1) is 5.56 Å². The third-order valence-corrected chi connectivity index (χ3v) is 5.20. The van der Waals surface area contributed by atoms with E-state index < -0.39 is 0 Å². The quantitative estimate of drug-likeness (QED) is 0.373. The van der Waals surface area contributed by atoms with Gasteiger partial charge in [0.2, 0.25) is 0 Å². The van der Waals surface area contributed by atoms with E-state index in [0.717, 1.165) is 49.3 Å². The van der Waals surface area contributed by atoms with Crippen LogP contribution in [0.1, 0.15) is 33.7 Å². The highest BCUT2D eigenvalue weighted by Crippen LogP contribution is 2.21. The molecular formula is C25H29FN2O2. The summed E-state index contributed by atoms with van der Waals surface area (Å²) in [6.45, 7) is 3.67. The van der Waals surface area contributed by atoms with Gasteiger partial charge in [0.15, 0.2) is 0 Å². The number of hydrogen-bond acceptors (Lipinski definition) is 3. The Morgan fingerprint density at radius 3 is 2.40 bits per heavy atom. The number of esters is 1. The summed E-state index contributed by atoms with van der Waals surface area (Å²) in [4.78, 5) is 15.0. The number of aromatic nitrogens is 1. The summed E-state index contributed by atoms with van der Waals surface area (Å²) in [5.74, 6) is -0.0329. The van der Waals surface area contributed by atoms with Crippen molar-refractivity contribution in [3.05, 3.63) is 89.0 Å². The van der Waals surface area contributed by atoms with Crippen molar-refractivity contribution >= 4 is 5.97 Å². The van der Waals surface area contributed by atoms with Crippen LogP contribution in [0, 0.1) is 12.7 Å². The first-order valence-corrected chi connectivity index (χ1v) is 10.3. The van der Waals surface area contributed by atoms with Gasteiger partial charge in [-0.25, -0.2) is 9.18 Å². The van der Waals surface area contributed by atoms with Crippen LogP contribution in [-0.2, 0) is 19.4 Å². The SMILES string of the molecule is Cc1c(C(=O)Oc2ccccc2)cc(CCCN(C)C)n1CCc1ccc(F)cc1. The zero-order chi connectivity index (χ0) is 21.5. The molecule has 0 bridgehead atoms. The van der Waals surface area contributed by atoms with Crippen LogP contribution in [-0.4, -0.2) is 36.1 Å². The molecule has 0 aliphatic heterocycles. The molecule has 3 aromatic rings. The van der Waals surface area contributed by atoms with Gasteiger partial charge >= 0.3 is 5.97 Å². The van der Waals surface area contributed by atoms with E-state index in [2.05, 4.69) is 23.6 Å². The highest BCUT2D eigenvalue weighted by atomic mass is 19.1. The summed E-state index contributed by atoms with van der Waals surface area (Å²) in [6, 6.07) is 17.7. The van der Waals surface area contributed by atoms with E-state index in [1.807, 2.05) is 43.3 Å². The molecule has 0 amide bonds. The first-order chi connectivity index (χ1) is 14.4. The Balaban J connectivity index is 1.80. The molecule has 0 radical (unpaired) electrons. The minimum atomic E-state index is -0.340. The fraction of sp³-hybridized carbons (Fsp3) is 0.320. The van der Waals surface area contributed by atoms with Crippen LogP contribution >= 0.6 is 0 Å². The van der Waals surface area contributed by atoms with Crippen molar-refractivity contribution in [1.82, 2.24) is 9.47 Å². The maximum Gasteiger partial charge on any atom is 0.345 e. The van der Waals surface area contributed by atoms with Gasteiger partial charge in [-0.05, 0) is 82.7 Å². The Kier molecular flexibility index (Phi) is 7.41. The summed E-state index contributed by atoms with van der Waals surface area (Å²) >= 11 is 0. The minimum Gasteiger partial charge on any atom is -0.423 e. The number of aryl methyl sites for hydroxylation is 2. The highest BCUT2D eigenvalue weighted by Gasteiger charge is 2.19. The average Bonchev–Trinajstić information content (AvgIpc) is 3.04. The molecule has 4 nitrogen and oxygen atoms in total. The fourth-order valence-corrected chi connectivity index (χ4v) is 3.55. The summed E-state index contributed by atoms with van der Waals surface area (Å²) in [5, 5.41) is 0. The fourth-order valence-electron chi connectivity index (χ4n) is 3.55. The van der Waals surface area contributed by atoms with Crippen molar-refractivity contribution in [1.29, 1.82) is 0 Å². The summed E-state index contributed by atoms with van der Waals surface area (Å²) in [5.41, 5.74) is 3.68. The third-order valence-electron chi connectivity index (χ3n) is 5.20. The van der Waals surface area contributed by atoms with Crippen LogP contribution in [0.25, 0.3) is 0 Å². The number of ether oxygens (including phenoxy) is 1. The van der Waals surface area contributed by atoms with Gasteiger partial charge in [-0.1, -0.05) is 30.3 Å². The van der Waals surface area contributed by atoms with Crippen molar-refractivity contribution in [2.45, 2.75) is 32.7 Å². The molecule has 0 aliphatic rings. The van der Waals surface area contributed by atoms with Crippen molar-refractivity contribution in [2.24, 2.45) is 0 Å². The molecule has 0 unspecified atom stereocenters. The lowest BCUT2D eigenvalue weighted by Gasteiger charge is -2.14. The van der Waals surface area contributed by atoms with Gasteiger partial charge in [0, 0.05) is 17.9 Å². The molecule has 0 aliphatic carbocycles. The molecule has 2 aromatic carbocycles. The van der Waals surface area contributed by atoms with E-state index in [-0.39, 0.29) is 11.8 Å². The van der Waals surface area contributed by atoms with E-state index >= 15 is 0 Å². The van der Waals surface area contributed by atoms with Crippen LogP contribution < -0.4 is 4.74 Å². The molecule has 3 rings (SSSR count). The maximum atomic E-state index is 13.2. The van der Waals surface area contributed by atoms with E-state index in [1.165, 1.54) is 12.1 Å². The second-order valence-corrected chi connectivity index (χ2v) is 7.77. The van der Waals surface area contributed by atoms with E-state index in [9.17, 15) is 9.18 Å². The van der Waals surface area contributed by atoms with E-state index in [1.54, 1.807) is 12.1 Å². The zero-order valence-electron chi connectivity index (χ0n) is 17.9. The number of carbonyl (C=O) groups excluding carboxylic acids is 1. The predicted octanol–water partition coefficient (Wildman–Crippen LogP) is 4.89. The maximum absolute atomic E-state index is 13.2. The van der Waals surface area contributed by atoms with Gasteiger partial charge < -0.3 is 14.2 Å². The summed E-state index contributed by atoms with van der Waals surface area (Å²) in [6.07, 6.45) is 2.64. The molecule has 5 heteroatoms. The number of hydrogen-bond donors (Lipinski definition) is 0. The number of halogens is 1. The predicted molar refractivity (Wildman–Crippen MR) is 118 cm³/mol. The van der Waals surface area contributed by atoms with E-state index in [0.29, 0.717) is 11.3 Å². The van der Waals surface area contributed by atoms with Gasteiger partial charge in [-0.15, -0.1) is 0 Å². The minimum absolute atomic E-state index is 0.230. The van der Waals surface area contributed by atoms with Crippen LogP contribution in [0.15, 0.2) is 60.7 Å². The van der Waals surface area contributed by atoms with Crippen LogP contribution in [0.4, 0.5) is 4.39 Å². The third kappa shape index (κ3) is 5.80. The molecule has 0 saturated carbocycles. The first kappa shape index (κ1) is 21.8. The topological polar surface area (TPSA) is 34.5 Å². The second-order valence-electron chi connectivity index (χ2n) is 7.77.